The summed E-state index contributed by atoms with van der Waals surface area (Å²) in [6.07, 6.45) is 0. The van der Waals surface area contributed by atoms with Gasteiger partial charge in [0.2, 0.25) is 5.78 Å². The molecule has 2 aromatic carbocycles. The highest BCUT2D eigenvalue weighted by molar-refractivity contribution is 6.36. The van der Waals surface area contributed by atoms with Crippen molar-refractivity contribution in [2.24, 2.45) is 0 Å². The van der Waals surface area contributed by atoms with Crippen LogP contribution in [0.2, 0.25) is 10.0 Å². The number of carbonyl (C=O) groups excluding carboxylic acids is 2. The molecular weight excluding hydrogens is 357 g/mol. The Morgan fingerprint density at radius 2 is 1.88 bits per heavy atom. The number of hydrogen-bond acceptors (Lipinski definition) is 5. The van der Waals surface area contributed by atoms with E-state index in [4.69, 9.17) is 27.9 Å². The third-order valence-corrected chi connectivity index (χ3v) is 3.75. The maximum atomic E-state index is 12.1. The van der Waals surface area contributed by atoms with E-state index < -0.39 is 23.3 Å². The number of para-hydroxylation sites is 1. The smallest absolute Gasteiger partial charge is 0.345 e. The molecule has 0 saturated heterocycles. The fourth-order valence-electron chi connectivity index (χ4n) is 2.07. The van der Waals surface area contributed by atoms with Gasteiger partial charge in [0.25, 0.3) is 5.69 Å². The summed E-state index contributed by atoms with van der Waals surface area (Å²) in [7, 11) is 0. The van der Waals surface area contributed by atoms with E-state index in [-0.39, 0.29) is 21.8 Å². The summed E-state index contributed by atoms with van der Waals surface area (Å²) >= 11 is 11.7. The molecule has 8 heteroatoms. The maximum absolute atomic E-state index is 12.1. The number of rotatable bonds is 5. The molecule has 0 aromatic heterocycles. The molecule has 0 heterocycles. The van der Waals surface area contributed by atoms with Crippen LogP contribution in [0.3, 0.4) is 0 Å². The van der Waals surface area contributed by atoms with Crippen molar-refractivity contribution in [3.05, 3.63) is 73.2 Å². The molecule has 0 amide bonds. The molecule has 24 heavy (non-hydrogen) atoms. The van der Waals surface area contributed by atoms with Crippen molar-refractivity contribution in [3.8, 4) is 0 Å². The molecule has 0 fully saturated rings. The van der Waals surface area contributed by atoms with Crippen LogP contribution >= 0.6 is 23.2 Å². The Morgan fingerprint density at radius 1 is 1.17 bits per heavy atom. The molecule has 0 radical (unpaired) electrons. The maximum Gasteiger partial charge on any atom is 0.345 e. The van der Waals surface area contributed by atoms with Gasteiger partial charge in [-0.05, 0) is 31.2 Å². The first-order valence-electron chi connectivity index (χ1n) is 6.70. The highest BCUT2D eigenvalue weighted by atomic mass is 35.5. The summed E-state index contributed by atoms with van der Waals surface area (Å²) in [5, 5.41) is 11.6. The molecule has 0 saturated carbocycles. The van der Waals surface area contributed by atoms with Gasteiger partial charge in [-0.15, -0.1) is 0 Å². The number of halogens is 2. The van der Waals surface area contributed by atoms with Crippen LogP contribution < -0.4 is 0 Å². The highest BCUT2D eigenvalue weighted by Crippen LogP contribution is 2.24. The van der Waals surface area contributed by atoms with E-state index in [1.807, 2.05) is 0 Å². The van der Waals surface area contributed by atoms with Crippen LogP contribution in [0.4, 0.5) is 5.69 Å². The monoisotopic (exact) mass is 367 g/mol. The average Bonchev–Trinajstić information content (AvgIpc) is 2.51. The normalized spacial score (nSPS) is 10.3. The van der Waals surface area contributed by atoms with Crippen LogP contribution in [0.5, 0.6) is 0 Å². The second-order valence-corrected chi connectivity index (χ2v) is 5.70. The fourth-order valence-corrected chi connectivity index (χ4v) is 2.58. The molecule has 6 nitrogen and oxygen atoms in total. The predicted octanol–water partition coefficient (Wildman–Crippen LogP) is 4.25. The van der Waals surface area contributed by atoms with Crippen LogP contribution in [-0.2, 0) is 4.74 Å². The van der Waals surface area contributed by atoms with Crippen molar-refractivity contribution in [3.63, 3.8) is 0 Å². The topological polar surface area (TPSA) is 86.5 Å². The molecule has 0 atom stereocenters. The number of esters is 1. The van der Waals surface area contributed by atoms with E-state index in [0.29, 0.717) is 10.6 Å². The summed E-state index contributed by atoms with van der Waals surface area (Å²) in [6.45, 7) is 0.916. The van der Waals surface area contributed by atoms with Crippen molar-refractivity contribution >= 4 is 40.6 Å². The Bertz CT molecular complexity index is 835. The lowest BCUT2D eigenvalue weighted by Crippen LogP contribution is -2.16. The standard InChI is InChI=1S/C16H11Cl2NO5/c1-9-3-2-4-12(15(9)19(22)23)16(21)24-8-14(20)11-6-5-10(17)7-13(11)18/h2-7H,8H2,1H3. The number of carbonyl (C=O) groups is 2. The Labute approximate surface area is 147 Å². The molecule has 0 unspecified atom stereocenters. The van der Waals surface area contributed by atoms with Gasteiger partial charge in [-0.1, -0.05) is 35.3 Å². The molecule has 0 aliphatic carbocycles. The summed E-state index contributed by atoms with van der Waals surface area (Å²) in [4.78, 5) is 34.5. The van der Waals surface area contributed by atoms with Crippen LogP contribution in [0.15, 0.2) is 36.4 Å². The van der Waals surface area contributed by atoms with Crippen molar-refractivity contribution in [2.45, 2.75) is 6.92 Å². The zero-order valence-corrected chi connectivity index (χ0v) is 13.9. The number of ketones is 1. The van der Waals surface area contributed by atoms with Gasteiger partial charge in [0, 0.05) is 16.1 Å². The van der Waals surface area contributed by atoms with E-state index in [1.165, 1.54) is 43.3 Å². The molecule has 2 rings (SSSR count). The fraction of sp³-hybridized carbons (Fsp3) is 0.125. The van der Waals surface area contributed by atoms with Gasteiger partial charge in [0.05, 0.1) is 9.95 Å². The van der Waals surface area contributed by atoms with Crippen molar-refractivity contribution < 1.29 is 19.2 Å². The first kappa shape index (κ1) is 17.9. The number of nitro groups is 1. The number of Topliss-reactive ketones (excluding diaryl/α,β-unsaturated/α-hetero) is 1. The van der Waals surface area contributed by atoms with E-state index in [0.717, 1.165) is 0 Å². The van der Waals surface area contributed by atoms with E-state index in [1.54, 1.807) is 0 Å². The highest BCUT2D eigenvalue weighted by Gasteiger charge is 2.24. The molecule has 0 N–H and O–H groups in total. The minimum atomic E-state index is -0.955. The summed E-state index contributed by atoms with van der Waals surface area (Å²) in [6, 6.07) is 8.56. The van der Waals surface area contributed by atoms with Gasteiger partial charge in [0.15, 0.2) is 6.61 Å². The largest absolute Gasteiger partial charge is 0.454 e. The van der Waals surface area contributed by atoms with Gasteiger partial charge >= 0.3 is 5.97 Å². The lowest BCUT2D eigenvalue weighted by atomic mass is 10.1. The summed E-state index contributed by atoms with van der Waals surface area (Å²) < 4.78 is 4.89. The average molecular weight is 368 g/mol. The predicted molar refractivity (Wildman–Crippen MR) is 88.9 cm³/mol. The Morgan fingerprint density at radius 3 is 2.50 bits per heavy atom. The summed E-state index contributed by atoms with van der Waals surface area (Å²) in [5.41, 5.74) is -0.0939. The Kier molecular flexibility index (Phi) is 5.54. The lowest BCUT2D eigenvalue weighted by Gasteiger charge is -2.07. The Hall–Kier alpha value is -2.44. The third-order valence-electron chi connectivity index (χ3n) is 3.21. The number of benzene rings is 2. The third kappa shape index (κ3) is 3.90. The zero-order valence-electron chi connectivity index (χ0n) is 12.4. The van der Waals surface area contributed by atoms with Gasteiger partial charge in [-0.2, -0.15) is 0 Å². The first-order valence-corrected chi connectivity index (χ1v) is 7.46. The molecule has 0 spiro atoms. The second kappa shape index (κ2) is 7.42. The molecule has 124 valence electrons. The number of nitro benzene ring substituents is 1. The van der Waals surface area contributed by atoms with Gasteiger partial charge < -0.3 is 4.74 Å². The number of hydrogen-bond donors (Lipinski definition) is 0. The van der Waals surface area contributed by atoms with Crippen LogP contribution in [0, 0.1) is 17.0 Å². The van der Waals surface area contributed by atoms with E-state index in [9.17, 15) is 19.7 Å². The molecular formula is C16H11Cl2NO5. The van der Waals surface area contributed by atoms with Crippen molar-refractivity contribution in [2.75, 3.05) is 6.61 Å². The zero-order chi connectivity index (χ0) is 17.9. The second-order valence-electron chi connectivity index (χ2n) is 4.85. The molecule has 0 aliphatic rings. The quantitative estimate of drug-likeness (QED) is 0.341. The molecule has 0 aliphatic heterocycles. The minimum absolute atomic E-state index is 0.130. The van der Waals surface area contributed by atoms with Gasteiger partial charge in [0.1, 0.15) is 5.56 Å². The van der Waals surface area contributed by atoms with Crippen LogP contribution in [-0.4, -0.2) is 23.3 Å². The van der Waals surface area contributed by atoms with Gasteiger partial charge in [-0.3, -0.25) is 14.9 Å². The first-order chi connectivity index (χ1) is 11.3. The van der Waals surface area contributed by atoms with Crippen LogP contribution in [0.1, 0.15) is 26.3 Å². The molecule has 2 aromatic rings. The molecule has 0 bridgehead atoms. The van der Waals surface area contributed by atoms with E-state index in [2.05, 4.69) is 0 Å². The summed E-state index contributed by atoms with van der Waals surface area (Å²) in [5.74, 6) is -1.50. The van der Waals surface area contributed by atoms with Crippen LogP contribution in [0.25, 0.3) is 0 Å². The SMILES string of the molecule is Cc1cccc(C(=O)OCC(=O)c2ccc(Cl)cc2Cl)c1[N+](=O)[O-]. The van der Waals surface area contributed by atoms with Crippen molar-refractivity contribution in [1.29, 1.82) is 0 Å². The lowest BCUT2D eigenvalue weighted by molar-refractivity contribution is -0.385. The number of nitrogens with zero attached hydrogens (tertiary/aromatic N) is 1. The van der Waals surface area contributed by atoms with Gasteiger partial charge in [-0.25, -0.2) is 4.79 Å². The minimum Gasteiger partial charge on any atom is -0.454 e. The Balaban J connectivity index is 2.15. The van der Waals surface area contributed by atoms with Crippen molar-refractivity contribution in [1.82, 2.24) is 0 Å². The van der Waals surface area contributed by atoms with E-state index >= 15 is 0 Å². The number of ether oxygens (including phenoxy) is 1. The number of aryl methyl sites for hydroxylation is 1.